The second-order valence-electron chi connectivity index (χ2n) is 5.07. The van der Waals surface area contributed by atoms with E-state index < -0.39 is 5.91 Å². The molecule has 0 unspecified atom stereocenters. The molecule has 1 aromatic heterocycles. The first-order valence-corrected chi connectivity index (χ1v) is 6.65. The Bertz CT molecular complexity index is 619. The van der Waals surface area contributed by atoms with Gasteiger partial charge in [-0.25, -0.2) is 0 Å². The van der Waals surface area contributed by atoms with Crippen molar-refractivity contribution in [1.29, 1.82) is 0 Å². The molecule has 0 bridgehead atoms. The summed E-state index contributed by atoms with van der Waals surface area (Å²) in [7, 11) is 1.61. The van der Waals surface area contributed by atoms with E-state index in [1.165, 1.54) is 0 Å². The minimum Gasteiger partial charge on any atom is -0.497 e. The zero-order valence-corrected chi connectivity index (χ0v) is 12.3. The van der Waals surface area contributed by atoms with Crippen LogP contribution >= 0.6 is 0 Å². The van der Waals surface area contributed by atoms with Crippen molar-refractivity contribution in [2.75, 3.05) is 12.4 Å². The Morgan fingerprint density at radius 3 is 2.52 bits per heavy atom. The normalized spacial score (nSPS) is 10.7. The predicted molar refractivity (Wildman–Crippen MR) is 79.7 cm³/mol. The number of hydrogen-bond acceptors (Lipinski definition) is 5. The molecule has 3 N–H and O–H groups in total. The van der Waals surface area contributed by atoms with Crippen molar-refractivity contribution in [3.63, 3.8) is 0 Å². The van der Waals surface area contributed by atoms with Gasteiger partial charge in [0.15, 0.2) is 0 Å². The molecule has 2 aromatic rings. The van der Waals surface area contributed by atoms with Gasteiger partial charge >= 0.3 is 0 Å². The van der Waals surface area contributed by atoms with Crippen LogP contribution in [0.2, 0.25) is 0 Å². The maximum Gasteiger partial charge on any atom is 0.286 e. The lowest BCUT2D eigenvalue weighted by molar-refractivity contribution is 0.0985. The lowest BCUT2D eigenvalue weighted by Crippen LogP contribution is -2.20. The van der Waals surface area contributed by atoms with Gasteiger partial charge in [0, 0.05) is 12.2 Å². The van der Waals surface area contributed by atoms with Gasteiger partial charge in [-0.1, -0.05) is 13.8 Å². The number of nitrogens with two attached hydrogens (primary N) is 1. The summed E-state index contributed by atoms with van der Waals surface area (Å²) in [6.45, 7) is 4.69. The second-order valence-corrected chi connectivity index (χ2v) is 5.07. The fourth-order valence-corrected chi connectivity index (χ4v) is 1.92. The van der Waals surface area contributed by atoms with Crippen molar-refractivity contribution in [3.8, 4) is 5.75 Å². The van der Waals surface area contributed by atoms with Crippen LogP contribution in [0, 0.1) is 5.92 Å². The Labute approximate surface area is 123 Å². The van der Waals surface area contributed by atoms with Gasteiger partial charge in [0.1, 0.15) is 5.75 Å². The number of carbonyl (C=O) groups is 1. The number of carbonyl (C=O) groups excluding carboxylic acids is 1. The molecule has 0 radical (unpaired) electrons. The lowest BCUT2D eigenvalue weighted by Gasteiger charge is -2.12. The van der Waals surface area contributed by atoms with Gasteiger partial charge in [-0.15, -0.1) is 10.2 Å². The van der Waals surface area contributed by atoms with E-state index in [0.717, 1.165) is 11.4 Å². The molecule has 1 amide bonds. The zero-order chi connectivity index (χ0) is 15.4. The highest BCUT2D eigenvalue weighted by Crippen LogP contribution is 2.20. The van der Waals surface area contributed by atoms with Gasteiger partial charge in [0.25, 0.3) is 5.91 Å². The Hall–Kier alpha value is -2.57. The largest absolute Gasteiger partial charge is 0.497 e. The topological polar surface area (TPSA) is 95.1 Å². The Morgan fingerprint density at radius 2 is 2.00 bits per heavy atom. The Morgan fingerprint density at radius 1 is 1.33 bits per heavy atom. The molecule has 21 heavy (non-hydrogen) atoms. The summed E-state index contributed by atoms with van der Waals surface area (Å²) in [5, 5.41) is 11.0. The highest BCUT2D eigenvalue weighted by molar-refractivity contribution is 5.89. The van der Waals surface area contributed by atoms with Crippen molar-refractivity contribution in [2.24, 2.45) is 11.7 Å². The number of nitrogens with one attached hydrogen (secondary N) is 1. The van der Waals surface area contributed by atoms with E-state index >= 15 is 0 Å². The van der Waals surface area contributed by atoms with Crippen LogP contribution in [0.3, 0.4) is 0 Å². The van der Waals surface area contributed by atoms with Crippen molar-refractivity contribution in [3.05, 3.63) is 30.1 Å². The Kier molecular flexibility index (Phi) is 4.42. The third kappa shape index (κ3) is 3.50. The van der Waals surface area contributed by atoms with E-state index in [-0.39, 0.29) is 5.82 Å². The van der Waals surface area contributed by atoms with Crippen LogP contribution in [-0.4, -0.2) is 27.8 Å². The van der Waals surface area contributed by atoms with Gasteiger partial charge < -0.3 is 15.8 Å². The Balaban J connectivity index is 2.27. The van der Waals surface area contributed by atoms with Crippen molar-refractivity contribution < 1.29 is 9.53 Å². The highest BCUT2D eigenvalue weighted by atomic mass is 16.5. The number of rotatable bonds is 6. The third-order valence-corrected chi connectivity index (χ3v) is 2.87. The van der Waals surface area contributed by atoms with Crippen molar-refractivity contribution >= 4 is 17.5 Å². The minimum atomic E-state index is -0.592. The molecular formula is C14H19N5O2. The van der Waals surface area contributed by atoms with Gasteiger partial charge in [0.2, 0.25) is 11.8 Å². The fourth-order valence-electron chi connectivity index (χ4n) is 1.92. The zero-order valence-electron chi connectivity index (χ0n) is 12.3. The van der Waals surface area contributed by atoms with E-state index in [1.807, 2.05) is 38.1 Å². The van der Waals surface area contributed by atoms with Crippen LogP contribution in [0.1, 0.15) is 24.5 Å². The smallest absolute Gasteiger partial charge is 0.286 e. The number of aromatic nitrogens is 3. The second kappa shape index (κ2) is 6.25. The lowest BCUT2D eigenvalue weighted by atomic mass is 10.2. The fraction of sp³-hybridized carbons (Fsp3) is 0.357. The number of amides is 1. The molecule has 0 aliphatic heterocycles. The summed E-state index contributed by atoms with van der Waals surface area (Å²) in [5.74, 6) is 1.14. The molecule has 0 aliphatic rings. The molecule has 0 aliphatic carbocycles. The molecule has 0 fully saturated rings. The SMILES string of the molecule is COc1ccc(Nc2nnc(C(N)=O)n2CC(C)C)cc1. The maximum absolute atomic E-state index is 11.4. The summed E-state index contributed by atoms with van der Waals surface area (Å²) < 4.78 is 6.80. The molecular weight excluding hydrogens is 270 g/mol. The number of hydrogen-bond donors (Lipinski definition) is 2. The van der Waals surface area contributed by atoms with Gasteiger partial charge in [-0.2, -0.15) is 0 Å². The number of ether oxygens (including phenoxy) is 1. The molecule has 0 spiro atoms. The first-order valence-electron chi connectivity index (χ1n) is 6.65. The minimum absolute atomic E-state index is 0.153. The molecule has 0 saturated carbocycles. The highest BCUT2D eigenvalue weighted by Gasteiger charge is 2.17. The molecule has 0 saturated heterocycles. The van der Waals surface area contributed by atoms with Crippen LogP contribution in [0.4, 0.5) is 11.6 Å². The standard InChI is InChI=1S/C14H19N5O2/c1-9(2)8-19-13(12(15)20)17-18-14(19)16-10-4-6-11(21-3)7-5-10/h4-7,9H,8H2,1-3H3,(H2,15,20)(H,16,18). The average molecular weight is 289 g/mol. The van der Waals surface area contributed by atoms with Crippen LogP contribution < -0.4 is 15.8 Å². The summed E-state index contributed by atoms with van der Waals surface area (Å²) in [6, 6.07) is 7.38. The summed E-state index contributed by atoms with van der Waals surface area (Å²) in [6.07, 6.45) is 0. The number of anilines is 2. The maximum atomic E-state index is 11.4. The first kappa shape index (κ1) is 14.8. The number of benzene rings is 1. The van der Waals surface area contributed by atoms with Crippen LogP contribution in [0.25, 0.3) is 0 Å². The quantitative estimate of drug-likeness (QED) is 0.845. The summed E-state index contributed by atoms with van der Waals surface area (Å²) >= 11 is 0. The third-order valence-electron chi connectivity index (χ3n) is 2.87. The molecule has 7 heteroatoms. The van der Waals surface area contributed by atoms with E-state index in [9.17, 15) is 4.79 Å². The first-order chi connectivity index (χ1) is 10.0. The van der Waals surface area contributed by atoms with Crippen LogP contribution in [-0.2, 0) is 6.54 Å². The van der Waals surface area contributed by atoms with Gasteiger partial charge in [-0.05, 0) is 30.2 Å². The number of methoxy groups -OCH3 is 1. The number of primary amides is 1. The van der Waals surface area contributed by atoms with Crippen molar-refractivity contribution in [1.82, 2.24) is 14.8 Å². The molecule has 1 heterocycles. The van der Waals surface area contributed by atoms with Crippen molar-refractivity contribution in [2.45, 2.75) is 20.4 Å². The number of nitrogens with zero attached hydrogens (tertiary/aromatic N) is 3. The van der Waals surface area contributed by atoms with Gasteiger partial charge in [0.05, 0.1) is 7.11 Å². The molecule has 2 rings (SSSR count). The van der Waals surface area contributed by atoms with Gasteiger partial charge in [-0.3, -0.25) is 9.36 Å². The van der Waals surface area contributed by atoms with E-state index in [1.54, 1.807) is 11.7 Å². The van der Waals surface area contributed by atoms with E-state index in [4.69, 9.17) is 10.5 Å². The molecule has 7 nitrogen and oxygen atoms in total. The monoisotopic (exact) mass is 289 g/mol. The predicted octanol–water partition coefficient (Wildman–Crippen LogP) is 1.79. The van der Waals surface area contributed by atoms with Crippen LogP contribution in [0.5, 0.6) is 5.75 Å². The van der Waals surface area contributed by atoms with E-state index in [2.05, 4.69) is 15.5 Å². The summed E-state index contributed by atoms with van der Waals surface area (Å²) in [4.78, 5) is 11.4. The molecule has 0 atom stereocenters. The molecule has 1 aromatic carbocycles. The molecule has 112 valence electrons. The van der Waals surface area contributed by atoms with Crippen LogP contribution in [0.15, 0.2) is 24.3 Å². The van der Waals surface area contributed by atoms with E-state index in [0.29, 0.717) is 18.4 Å². The summed E-state index contributed by atoms with van der Waals surface area (Å²) in [5.41, 5.74) is 6.15. The average Bonchev–Trinajstić information content (AvgIpc) is 2.82.